The fraction of sp³-hybridized carbons (Fsp3) is 0.462. The minimum absolute atomic E-state index is 0.0635. The van der Waals surface area contributed by atoms with Gasteiger partial charge in [-0.1, -0.05) is 6.07 Å². The molecule has 4 N–H and O–H groups in total. The van der Waals surface area contributed by atoms with Crippen LogP contribution in [0, 0.1) is 6.92 Å². The van der Waals surface area contributed by atoms with E-state index >= 15 is 0 Å². The van der Waals surface area contributed by atoms with Crippen molar-refractivity contribution in [1.82, 2.24) is 35.4 Å². The number of amides is 1. The van der Waals surface area contributed by atoms with Crippen LogP contribution in [0.15, 0.2) is 36.8 Å². The van der Waals surface area contributed by atoms with Crippen molar-refractivity contribution in [3.8, 4) is 0 Å². The maximum absolute atomic E-state index is 12.9. The van der Waals surface area contributed by atoms with Crippen molar-refractivity contribution >= 4 is 29.0 Å². The highest BCUT2D eigenvalue weighted by Crippen LogP contribution is 2.32. The SMILES string of the molecule is Cc1ccc(C(=O)NCCN2CCCC2(C)C)cc1NC1NN(C)c2nc(Nc3cnn(C)c3)ncc21. The Labute approximate surface area is 217 Å². The largest absolute Gasteiger partial charge is 0.364 e. The lowest BCUT2D eigenvalue weighted by Crippen LogP contribution is -2.43. The molecule has 1 fully saturated rings. The molecule has 0 spiro atoms. The number of benzene rings is 1. The van der Waals surface area contributed by atoms with Gasteiger partial charge in [0.05, 0.1) is 17.4 Å². The number of rotatable bonds is 8. The van der Waals surface area contributed by atoms with Gasteiger partial charge in [-0.25, -0.2) is 10.4 Å². The van der Waals surface area contributed by atoms with E-state index in [0.717, 1.165) is 41.4 Å². The number of carbonyl (C=O) groups excluding carboxylic acids is 1. The smallest absolute Gasteiger partial charge is 0.251 e. The highest BCUT2D eigenvalue weighted by Gasteiger charge is 2.31. The summed E-state index contributed by atoms with van der Waals surface area (Å²) in [5, 5.41) is 15.8. The quantitative estimate of drug-likeness (QED) is 0.367. The molecule has 0 bridgehead atoms. The number of anilines is 4. The molecule has 11 heteroatoms. The Bertz CT molecular complexity index is 1290. The van der Waals surface area contributed by atoms with E-state index in [1.165, 1.54) is 12.8 Å². The van der Waals surface area contributed by atoms with Gasteiger partial charge in [-0.3, -0.25) is 19.4 Å². The third-order valence-corrected chi connectivity index (χ3v) is 7.25. The first-order chi connectivity index (χ1) is 17.7. The first-order valence-corrected chi connectivity index (χ1v) is 12.7. The molecule has 1 amide bonds. The second-order valence-electron chi connectivity index (χ2n) is 10.5. The Balaban J connectivity index is 1.24. The molecular formula is C26H36N10O. The van der Waals surface area contributed by atoms with Gasteiger partial charge in [0.25, 0.3) is 5.91 Å². The van der Waals surface area contributed by atoms with E-state index in [9.17, 15) is 4.79 Å². The molecule has 1 saturated heterocycles. The van der Waals surface area contributed by atoms with Gasteiger partial charge in [-0.05, 0) is 57.9 Å². The van der Waals surface area contributed by atoms with Gasteiger partial charge >= 0.3 is 0 Å². The minimum Gasteiger partial charge on any atom is -0.364 e. The van der Waals surface area contributed by atoms with E-state index in [4.69, 9.17) is 0 Å². The Hall–Kier alpha value is -3.70. The molecule has 2 aromatic heterocycles. The summed E-state index contributed by atoms with van der Waals surface area (Å²) in [7, 11) is 3.78. The lowest BCUT2D eigenvalue weighted by atomic mass is 10.0. The molecule has 0 aliphatic carbocycles. The standard InChI is InChI=1S/C26H36N10O/c1-17-7-8-18(24(37)27-10-12-36-11-6-9-26(36,2)3)13-21(17)31-22-20-15-28-25(32-23(20)35(5)33-22)30-19-14-29-34(4)16-19/h7-8,13-16,22,31,33H,6,9-12H2,1-5H3,(H,27,37)(H,28,30,32). The maximum Gasteiger partial charge on any atom is 0.251 e. The maximum atomic E-state index is 12.9. The van der Waals surface area contributed by atoms with Crippen LogP contribution in [0.4, 0.5) is 23.1 Å². The first kappa shape index (κ1) is 25.0. The number of aryl methyl sites for hydroxylation is 2. The Kier molecular flexibility index (Phi) is 6.74. The van der Waals surface area contributed by atoms with Crippen molar-refractivity contribution in [3.63, 3.8) is 0 Å². The fourth-order valence-electron chi connectivity index (χ4n) is 5.02. The molecule has 2 aliphatic rings. The topological polar surface area (TPSA) is 115 Å². The molecule has 196 valence electrons. The molecule has 37 heavy (non-hydrogen) atoms. The summed E-state index contributed by atoms with van der Waals surface area (Å²) < 4.78 is 1.72. The third-order valence-electron chi connectivity index (χ3n) is 7.25. The van der Waals surface area contributed by atoms with Gasteiger partial charge < -0.3 is 16.0 Å². The number of carbonyl (C=O) groups is 1. The number of fused-ring (bicyclic) bond motifs is 1. The molecule has 2 aliphatic heterocycles. The number of nitrogens with one attached hydrogen (secondary N) is 4. The first-order valence-electron chi connectivity index (χ1n) is 12.7. The zero-order valence-electron chi connectivity index (χ0n) is 22.2. The Morgan fingerprint density at radius 1 is 1.24 bits per heavy atom. The van der Waals surface area contributed by atoms with Crippen LogP contribution < -0.4 is 26.4 Å². The molecule has 3 aromatic rings. The number of aromatic nitrogens is 4. The zero-order valence-corrected chi connectivity index (χ0v) is 22.2. The van der Waals surface area contributed by atoms with Gasteiger partial charge in [0.1, 0.15) is 6.17 Å². The van der Waals surface area contributed by atoms with Crippen LogP contribution in [-0.2, 0) is 7.05 Å². The molecule has 11 nitrogen and oxygen atoms in total. The van der Waals surface area contributed by atoms with Crippen molar-refractivity contribution < 1.29 is 4.79 Å². The van der Waals surface area contributed by atoms with Crippen molar-refractivity contribution in [2.75, 3.05) is 42.3 Å². The molecule has 5 rings (SSSR count). The monoisotopic (exact) mass is 504 g/mol. The van der Waals surface area contributed by atoms with Crippen molar-refractivity contribution in [3.05, 3.63) is 53.5 Å². The highest BCUT2D eigenvalue weighted by atomic mass is 16.1. The van der Waals surface area contributed by atoms with Crippen molar-refractivity contribution in [1.29, 1.82) is 0 Å². The van der Waals surface area contributed by atoms with Crippen LogP contribution >= 0.6 is 0 Å². The average molecular weight is 505 g/mol. The summed E-state index contributed by atoms with van der Waals surface area (Å²) in [5.41, 5.74) is 7.89. The zero-order chi connectivity index (χ0) is 26.2. The molecule has 1 atom stereocenters. The molecule has 0 saturated carbocycles. The molecule has 1 unspecified atom stereocenters. The van der Waals surface area contributed by atoms with E-state index in [1.54, 1.807) is 17.1 Å². The van der Waals surface area contributed by atoms with Gasteiger partial charge in [-0.15, -0.1) is 0 Å². The lowest BCUT2D eigenvalue weighted by Gasteiger charge is -2.31. The Morgan fingerprint density at radius 3 is 2.81 bits per heavy atom. The van der Waals surface area contributed by atoms with Crippen LogP contribution in [0.5, 0.6) is 0 Å². The number of nitrogens with zero attached hydrogens (tertiary/aromatic N) is 6. The third kappa shape index (κ3) is 5.37. The predicted molar refractivity (Wildman–Crippen MR) is 145 cm³/mol. The second kappa shape index (κ2) is 9.98. The number of likely N-dealkylation sites (tertiary alicyclic amines) is 1. The van der Waals surface area contributed by atoms with E-state index in [0.29, 0.717) is 18.1 Å². The number of hydrazine groups is 1. The van der Waals surface area contributed by atoms with Gasteiger partial charge in [0, 0.05) is 56.4 Å². The molecule has 1 aromatic carbocycles. The summed E-state index contributed by atoms with van der Waals surface area (Å²) in [4.78, 5) is 24.5. The van der Waals surface area contributed by atoms with Crippen molar-refractivity contribution in [2.24, 2.45) is 7.05 Å². The van der Waals surface area contributed by atoms with Gasteiger partial charge in [0.15, 0.2) is 5.82 Å². The summed E-state index contributed by atoms with van der Waals surface area (Å²) in [6, 6.07) is 5.75. The van der Waals surface area contributed by atoms with Gasteiger partial charge in [-0.2, -0.15) is 10.1 Å². The van der Waals surface area contributed by atoms with Gasteiger partial charge in [0.2, 0.25) is 5.95 Å². The van der Waals surface area contributed by atoms with E-state index in [2.05, 4.69) is 55.2 Å². The fourth-order valence-corrected chi connectivity index (χ4v) is 5.02. The van der Waals surface area contributed by atoms with Crippen LogP contribution in [0.25, 0.3) is 0 Å². The lowest BCUT2D eigenvalue weighted by molar-refractivity contribution is 0.0940. The summed E-state index contributed by atoms with van der Waals surface area (Å²) >= 11 is 0. The summed E-state index contributed by atoms with van der Waals surface area (Å²) in [6.45, 7) is 9.16. The number of hydrogen-bond acceptors (Lipinski definition) is 9. The van der Waals surface area contributed by atoms with Crippen molar-refractivity contribution in [2.45, 2.75) is 45.3 Å². The van der Waals surface area contributed by atoms with Crippen LogP contribution in [0.3, 0.4) is 0 Å². The summed E-state index contributed by atoms with van der Waals surface area (Å²) in [5.74, 6) is 1.20. The summed E-state index contributed by atoms with van der Waals surface area (Å²) in [6.07, 6.45) is 7.58. The van der Waals surface area contributed by atoms with E-state index < -0.39 is 0 Å². The normalized spacial score (nSPS) is 18.6. The molecule has 0 radical (unpaired) electrons. The minimum atomic E-state index is -0.234. The average Bonchev–Trinajstić information content (AvgIpc) is 3.52. The number of hydrogen-bond donors (Lipinski definition) is 4. The van der Waals surface area contributed by atoms with Crippen LogP contribution in [0.2, 0.25) is 0 Å². The van der Waals surface area contributed by atoms with Crippen LogP contribution in [0.1, 0.15) is 54.3 Å². The van der Waals surface area contributed by atoms with E-state index in [-0.39, 0.29) is 17.6 Å². The second-order valence-corrected chi connectivity index (χ2v) is 10.5. The Morgan fingerprint density at radius 2 is 2.08 bits per heavy atom. The van der Waals surface area contributed by atoms with Crippen LogP contribution in [-0.4, -0.2) is 62.8 Å². The molecular weight excluding hydrogens is 468 g/mol. The van der Waals surface area contributed by atoms with E-state index in [1.807, 2.05) is 50.4 Å². The molecule has 4 heterocycles. The highest BCUT2D eigenvalue weighted by molar-refractivity contribution is 5.95. The predicted octanol–water partition coefficient (Wildman–Crippen LogP) is 2.93.